The number of thiazole rings is 1. The van der Waals surface area contributed by atoms with Crippen LogP contribution in [-0.4, -0.2) is 4.98 Å². The third kappa shape index (κ3) is 1.01. The molecule has 3 aromatic rings. The molecule has 3 rings (SSSR count). The number of fused-ring (bicyclic) bond motifs is 3. The quantitative estimate of drug-likeness (QED) is 0.543. The molecule has 1 aromatic carbocycles. The van der Waals surface area contributed by atoms with Crippen molar-refractivity contribution in [3.05, 3.63) is 28.6 Å². The number of rotatable bonds is 0. The van der Waals surface area contributed by atoms with Gasteiger partial charge in [0, 0.05) is 0 Å². The van der Waals surface area contributed by atoms with Crippen molar-refractivity contribution in [2.75, 3.05) is 0 Å². The van der Waals surface area contributed by atoms with Crippen molar-refractivity contribution in [3.8, 4) is 0 Å². The van der Waals surface area contributed by atoms with Gasteiger partial charge in [0.15, 0.2) is 0 Å². The second kappa shape index (κ2) is 2.53. The third-order valence-electron chi connectivity index (χ3n) is 2.09. The Balaban J connectivity index is 2.64. The summed E-state index contributed by atoms with van der Waals surface area (Å²) in [6.45, 7) is 2.06. The first-order chi connectivity index (χ1) is 6.34. The van der Waals surface area contributed by atoms with Crippen LogP contribution >= 0.6 is 22.7 Å². The van der Waals surface area contributed by atoms with E-state index in [-0.39, 0.29) is 0 Å². The maximum absolute atomic E-state index is 4.54. The predicted molar refractivity (Wildman–Crippen MR) is 59.7 cm³/mol. The van der Waals surface area contributed by atoms with Crippen LogP contribution in [0.25, 0.3) is 20.3 Å². The summed E-state index contributed by atoms with van der Waals surface area (Å²) >= 11 is 3.54. The van der Waals surface area contributed by atoms with E-state index < -0.39 is 0 Å². The highest BCUT2D eigenvalue weighted by atomic mass is 32.1. The van der Waals surface area contributed by atoms with Crippen LogP contribution in [0.4, 0.5) is 0 Å². The fraction of sp³-hybridized carbons (Fsp3) is 0.100. The maximum Gasteiger partial charge on any atom is 0.0993 e. The first-order valence-corrected chi connectivity index (χ1v) is 5.77. The topological polar surface area (TPSA) is 12.9 Å². The van der Waals surface area contributed by atoms with E-state index in [4.69, 9.17) is 0 Å². The van der Waals surface area contributed by atoms with Crippen LogP contribution in [0, 0.1) is 6.92 Å². The lowest BCUT2D eigenvalue weighted by Gasteiger charge is -1.88. The highest BCUT2D eigenvalue weighted by molar-refractivity contribution is 7.21. The monoisotopic (exact) mass is 205 g/mol. The van der Waals surface area contributed by atoms with Crippen LogP contribution in [-0.2, 0) is 0 Å². The Morgan fingerprint density at radius 2 is 2.15 bits per heavy atom. The van der Waals surface area contributed by atoms with Gasteiger partial charge in [0.2, 0.25) is 0 Å². The summed E-state index contributed by atoms with van der Waals surface area (Å²) in [5.41, 5.74) is 1.18. The first kappa shape index (κ1) is 7.47. The summed E-state index contributed by atoms with van der Waals surface area (Å²) in [6, 6.07) is 6.48. The molecule has 0 aliphatic carbocycles. The van der Waals surface area contributed by atoms with Gasteiger partial charge in [-0.2, -0.15) is 0 Å². The van der Waals surface area contributed by atoms with Crippen molar-refractivity contribution in [2.45, 2.75) is 6.92 Å². The second-order valence-corrected chi connectivity index (χ2v) is 5.14. The Hall–Kier alpha value is -0.930. The molecule has 2 aromatic heterocycles. The molecule has 0 aliphatic rings. The van der Waals surface area contributed by atoms with E-state index in [2.05, 4.69) is 35.5 Å². The molecule has 0 radical (unpaired) electrons. The summed E-state index contributed by atoms with van der Waals surface area (Å²) < 4.78 is 2.62. The minimum atomic E-state index is 1.15. The van der Waals surface area contributed by atoms with Crippen LogP contribution in [0.15, 0.2) is 23.6 Å². The van der Waals surface area contributed by atoms with Crippen LogP contribution in [0.1, 0.15) is 5.01 Å². The smallest absolute Gasteiger partial charge is 0.0993 e. The van der Waals surface area contributed by atoms with Crippen molar-refractivity contribution >= 4 is 43.0 Å². The molecule has 0 amide bonds. The molecule has 13 heavy (non-hydrogen) atoms. The Morgan fingerprint density at radius 3 is 3.08 bits per heavy atom. The Morgan fingerprint density at radius 1 is 1.23 bits per heavy atom. The molecule has 0 saturated heterocycles. The minimum absolute atomic E-state index is 1.15. The van der Waals surface area contributed by atoms with E-state index in [1.807, 2.05) is 0 Å². The van der Waals surface area contributed by atoms with Crippen molar-refractivity contribution in [2.24, 2.45) is 0 Å². The first-order valence-electron chi connectivity index (χ1n) is 4.08. The van der Waals surface area contributed by atoms with Gasteiger partial charge in [-0.1, -0.05) is 6.07 Å². The fourth-order valence-electron chi connectivity index (χ4n) is 1.53. The molecule has 0 saturated carbocycles. The molecule has 0 unspecified atom stereocenters. The summed E-state index contributed by atoms with van der Waals surface area (Å²) in [6.07, 6.45) is 0. The molecule has 3 heteroatoms. The predicted octanol–water partition coefficient (Wildman–Crippen LogP) is 3.82. The van der Waals surface area contributed by atoms with Gasteiger partial charge in [-0.15, -0.1) is 22.7 Å². The zero-order chi connectivity index (χ0) is 8.84. The molecule has 0 aliphatic heterocycles. The molecule has 0 bridgehead atoms. The van der Waals surface area contributed by atoms with Crippen molar-refractivity contribution in [1.82, 2.24) is 4.98 Å². The minimum Gasteiger partial charge on any atom is -0.240 e. The molecular weight excluding hydrogens is 198 g/mol. The van der Waals surface area contributed by atoms with Gasteiger partial charge in [-0.05, 0) is 29.8 Å². The van der Waals surface area contributed by atoms with Gasteiger partial charge in [0.25, 0.3) is 0 Å². The second-order valence-electron chi connectivity index (χ2n) is 2.98. The van der Waals surface area contributed by atoms with E-state index >= 15 is 0 Å². The summed E-state index contributed by atoms with van der Waals surface area (Å²) in [4.78, 5) is 4.54. The third-order valence-corrected chi connectivity index (χ3v) is 3.96. The lowest BCUT2D eigenvalue weighted by Crippen LogP contribution is -1.68. The van der Waals surface area contributed by atoms with Gasteiger partial charge in [-0.25, -0.2) is 4.98 Å². The number of thiophene rings is 1. The summed E-state index contributed by atoms with van der Waals surface area (Å²) in [5.74, 6) is 0. The lowest BCUT2D eigenvalue weighted by molar-refractivity contribution is 1.36. The van der Waals surface area contributed by atoms with E-state index in [1.54, 1.807) is 22.7 Å². The standard InChI is InChI=1S/C10H7NS2/c1-6-11-9-8(13-6)3-2-7-4-5-12-10(7)9/h2-5H,1H3. The lowest BCUT2D eigenvalue weighted by atomic mass is 10.2. The molecule has 64 valence electrons. The highest BCUT2D eigenvalue weighted by Gasteiger charge is 2.05. The Bertz CT molecular complexity index is 577. The molecular formula is C10H7NS2. The van der Waals surface area contributed by atoms with Crippen LogP contribution in [0.3, 0.4) is 0 Å². The van der Waals surface area contributed by atoms with E-state index in [0.717, 1.165) is 5.01 Å². The average Bonchev–Trinajstić information content (AvgIpc) is 2.65. The Labute approximate surface area is 83.7 Å². The number of nitrogens with zero attached hydrogens (tertiary/aromatic N) is 1. The SMILES string of the molecule is Cc1nc2c(ccc3ccsc32)s1. The number of benzene rings is 1. The average molecular weight is 205 g/mol. The van der Waals surface area contributed by atoms with Gasteiger partial charge < -0.3 is 0 Å². The molecule has 0 N–H and O–H groups in total. The van der Waals surface area contributed by atoms with Gasteiger partial charge in [-0.3, -0.25) is 0 Å². The molecule has 0 spiro atoms. The van der Waals surface area contributed by atoms with E-state index in [9.17, 15) is 0 Å². The van der Waals surface area contributed by atoms with Crippen LogP contribution in [0.5, 0.6) is 0 Å². The van der Waals surface area contributed by atoms with Crippen LogP contribution < -0.4 is 0 Å². The largest absolute Gasteiger partial charge is 0.240 e. The van der Waals surface area contributed by atoms with Crippen molar-refractivity contribution < 1.29 is 0 Å². The zero-order valence-electron chi connectivity index (χ0n) is 7.07. The maximum atomic E-state index is 4.54. The zero-order valence-corrected chi connectivity index (χ0v) is 8.71. The van der Waals surface area contributed by atoms with Crippen molar-refractivity contribution in [3.63, 3.8) is 0 Å². The number of hydrogen-bond donors (Lipinski definition) is 0. The van der Waals surface area contributed by atoms with Crippen LogP contribution in [0.2, 0.25) is 0 Å². The van der Waals surface area contributed by atoms with Gasteiger partial charge >= 0.3 is 0 Å². The number of aryl methyl sites for hydroxylation is 1. The van der Waals surface area contributed by atoms with Crippen molar-refractivity contribution in [1.29, 1.82) is 0 Å². The molecule has 0 fully saturated rings. The fourth-order valence-corrected chi connectivity index (χ4v) is 3.32. The Kier molecular flexibility index (Phi) is 1.45. The molecule has 1 nitrogen and oxygen atoms in total. The summed E-state index contributed by atoms with van der Waals surface area (Å²) in [5, 5.41) is 4.58. The molecule has 0 atom stereocenters. The van der Waals surface area contributed by atoms with Gasteiger partial charge in [0.1, 0.15) is 0 Å². The molecule has 2 heterocycles. The van der Waals surface area contributed by atoms with E-state index in [0.29, 0.717) is 0 Å². The highest BCUT2D eigenvalue weighted by Crippen LogP contribution is 2.32. The van der Waals surface area contributed by atoms with E-state index in [1.165, 1.54) is 20.3 Å². The number of hydrogen-bond acceptors (Lipinski definition) is 3. The number of aromatic nitrogens is 1. The normalized spacial score (nSPS) is 11.5. The summed E-state index contributed by atoms with van der Waals surface area (Å²) in [7, 11) is 0. The van der Waals surface area contributed by atoms with Gasteiger partial charge in [0.05, 0.1) is 19.9 Å².